The van der Waals surface area contributed by atoms with Crippen molar-refractivity contribution in [2.45, 2.75) is 19.3 Å². The summed E-state index contributed by atoms with van der Waals surface area (Å²) in [5.41, 5.74) is 0.811. The van der Waals surface area contributed by atoms with E-state index in [4.69, 9.17) is 11.6 Å². The highest BCUT2D eigenvalue weighted by molar-refractivity contribution is 7.92. The lowest BCUT2D eigenvalue weighted by molar-refractivity contribution is -0.887. The van der Waals surface area contributed by atoms with Crippen LogP contribution in [0.4, 0.5) is 0 Å². The minimum absolute atomic E-state index is 0.497. The molecule has 1 heterocycles. The summed E-state index contributed by atoms with van der Waals surface area (Å²) in [5, 5.41) is 1.84. The average Bonchev–Trinajstić information content (AvgIpc) is 2.96. The van der Waals surface area contributed by atoms with E-state index < -0.39 is 10.0 Å². The molecule has 1 saturated heterocycles. The smallest absolute Gasteiger partial charge is 0.233 e. The monoisotopic (exact) mass is 329 g/mol. The van der Waals surface area contributed by atoms with Crippen LogP contribution in [-0.2, 0) is 10.0 Å². The van der Waals surface area contributed by atoms with Crippen LogP contribution in [0, 0.1) is 0 Å². The van der Waals surface area contributed by atoms with Crippen LogP contribution >= 0.6 is 11.6 Å². The fourth-order valence-electron chi connectivity index (χ4n) is 2.47. The molecule has 116 valence electrons. The van der Waals surface area contributed by atoms with Crippen molar-refractivity contribution < 1.29 is 13.3 Å². The molecule has 0 atom stereocenters. The molecule has 0 saturated carbocycles. The zero-order valence-corrected chi connectivity index (χ0v) is 13.6. The Morgan fingerprint density at radius 2 is 1.86 bits per heavy atom. The van der Waals surface area contributed by atoms with Gasteiger partial charge < -0.3 is 4.90 Å². The van der Waals surface area contributed by atoms with Crippen molar-refractivity contribution in [2.75, 3.05) is 26.2 Å². The van der Waals surface area contributed by atoms with Crippen molar-refractivity contribution in [2.24, 2.45) is 0 Å². The molecule has 1 aromatic carbocycles. The number of likely N-dealkylation sites (tertiary alicyclic amines) is 1. The van der Waals surface area contributed by atoms with Crippen LogP contribution in [0.25, 0.3) is 6.08 Å². The van der Waals surface area contributed by atoms with Crippen LogP contribution in [0.15, 0.2) is 29.7 Å². The molecular formula is C15H22ClN2O2S+. The number of sulfonamides is 1. The summed E-state index contributed by atoms with van der Waals surface area (Å²) < 4.78 is 26.3. The molecule has 2 rings (SSSR count). The molecule has 6 heteroatoms. The van der Waals surface area contributed by atoms with Gasteiger partial charge in [0.2, 0.25) is 10.0 Å². The van der Waals surface area contributed by atoms with Crippen LogP contribution < -0.4 is 9.62 Å². The molecule has 0 amide bonds. The van der Waals surface area contributed by atoms with Gasteiger partial charge in [-0.1, -0.05) is 23.7 Å². The second-order valence-electron chi connectivity index (χ2n) is 5.35. The summed E-state index contributed by atoms with van der Waals surface area (Å²) >= 11 is 5.78. The Morgan fingerprint density at radius 1 is 1.19 bits per heavy atom. The van der Waals surface area contributed by atoms with Crippen molar-refractivity contribution in [3.05, 3.63) is 40.3 Å². The zero-order valence-electron chi connectivity index (χ0n) is 12.0. The lowest BCUT2D eigenvalue weighted by Crippen LogP contribution is -3.10. The van der Waals surface area contributed by atoms with Gasteiger partial charge >= 0.3 is 0 Å². The predicted molar refractivity (Wildman–Crippen MR) is 86.8 cm³/mol. The van der Waals surface area contributed by atoms with Gasteiger partial charge in [0.05, 0.1) is 19.6 Å². The normalized spacial score (nSPS) is 16.8. The first-order valence-electron chi connectivity index (χ1n) is 7.32. The van der Waals surface area contributed by atoms with Gasteiger partial charge in [-0.2, -0.15) is 0 Å². The Hall–Kier alpha value is -0.880. The summed E-state index contributed by atoms with van der Waals surface area (Å²) in [5.74, 6) is 0. The van der Waals surface area contributed by atoms with Gasteiger partial charge in [0.1, 0.15) is 0 Å². The van der Waals surface area contributed by atoms with E-state index in [1.165, 1.54) is 31.3 Å². The number of nitrogens with one attached hydrogen (secondary N) is 2. The fourth-order valence-corrected chi connectivity index (χ4v) is 3.46. The average molecular weight is 330 g/mol. The summed E-state index contributed by atoms with van der Waals surface area (Å²) in [7, 11) is -3.36. The molecule has 0 spiro atoms. The van der Waals surface area contributed by atoms with Gasteiger partial charge in [-0.25, -0.2) is 13.1 Å². The van der Waals surface area contributed by atoms with Gasteiger partial charge in [0.15, 0.2) is 0 Å². The molecule has 1 fully saturated rings. The standard InChI is InChI=1S/C15H21ClN2O2S/c16-15-6-4-14(5-7-15)8-13-21(19,20)17-9-3-12-18-10-1-2-11-18/h4-8,13,17H,1-3,9-12H2/p+1/b13-8+. The van der Waals surface area contributed by atoms with E-state index in [0.717, 1.165) is 18.5 Å². The topological polar surface area (TPSA) is 50.6 Å². The van der Waals surface area contributed by atoms with Crippen molar-refractivity contribution in [1.82, 2.24) is 4.72 Å². The maximum Gasteiger partial charge on any atom is 0.233 e. The van der Waals surface area contributed by atoms with Crippen LogP contribution in [0.5, 0.6) is 0 Å². The van der Waals surface area contributed by atoms with E-state index in [2.05, 4.69) is 4.72 Å². The molecule has 1 aliphatic rings. The SMILES string of the molecule is O=S(=O)(/C=C/c1ccc(Cl)cc1)NCCC[NH+]1CCCC1. The molecule has 1 aromatic rings. The van der Waals surface area contributed by atoms with Gasteiger partial charge in [-0.15, -0.1) is 0 Å². The van der Waals surface area contributed by atoms with Crippen molar-refractivity contribution in [1.29, 1.82) is 0 Å². The van der Waals surface area contributed by atoms with Crippen molar-refractivity contribution >= 4 is 27.7 Å². The quantitative estimate of drug-likeness (QED) is 0.741. The Morgan fingerprint density at radius 3 is 2.52 bits per heavy atom. The van der Waals surface area contributed by atoms with Crippen LogP contribution in [0.3, 0.4) is 0 Å². The Labute approximate surface area is 131 Å². The first-order valence-corrected chi connectivity index (χ1v) is 9.24. The fraction of sp³-hybridized carbons (Fsp3) is 0.467. The minimum Gasteiger partial charge on any atom is -0.335 e. The summed E-state index contributed by atoms with van der Waals surface area (Å²) in [6.45, 7) is 3.99. The molecule has 1 aliphatic heterocycles. The number of halogens is 1. The summed E-state index contributed by atoms with van der Waals surface area (Å²) in [6.07, 6.45) is 5.05. The molecule has 4 nitrogen and oxygen atoms in total. The number of quaternary nitrogens is 1. The van der Waals surface area contributed by atoms with Crippen molar-refractivity contribution in [3.63, 3.8) is 0 Å². The van der Waals surface area contributed by atoms with Crippen molar-refractivity contribution in [3.8, 4) is 0 Å². The van der Waals surface area contributed by atoms with E-state index in [9.17, 15) is 8.42 Å². The highest BCUT2D eigenvalue weighted by atomic mass is 35.5. The van der Waals surface area contributed by atoms with E-state index in [1.807, 2.05) is 0 Å². The van der Waals surface area contributed by atoms with Gasteiger partial charge in [0, 0.05) is 36.2 Å². The minimum atomic E-state index is -3.36. The second kappa shape index (κ2) is 7.94. The molecule has 0 bridgehead atoms. The maximum atomic E-state index is 11.8. The highest BCUT2D eigenvalue weighted by Gasteiger charge is 2.14. The number of rotatable bonds is 7. The van der Waals surface area contributed by atoms with Gasteiger partial charge in [-0.05, 0) is 23.8 Å². The first-order chi connectivity index (χ1) is 10.1. The molecule has 0 aromatic heterocycles. The molecule has 2 N–H and O–H groups in total. The molecule has 21 heavy (non-hydrogen) atoms. The lowest BCUT2D eigenvalue weighted by Gasteiger charge is -2.11. The molecule has 0 radical (unpaired) electrons. The third kappa shape index (κ3) is 6.18. The van der Waals surface area contributed by atoms with E-state index in [1.54, 1.807) is 35.2 Å². The molecule has 0 aliphatic carbocycles. The highest BCUT2D eigenvalue weighted by Crippen LogP contribution is 2.11. The van der Waals surface area contributed by atoms with Gasteiger partial charge in [-0.3, -0.25) is 0 Å². The summed E-state index contributed by atoms with van der Waals surface area (Å²) in [6, 6.07) is 7.04. The third-order valence-corrected chi connectivity index (χ3v) is 4.98. The number of hydrogen-bond donors (Lipinski definition) is 2. The van der Waals surface area contributed by atoms with Crippen LogP contribution in [-0.4, -0.2) is 34.6 Å². The molecule has 0 unspecified atom stereocenters. The maximum absolute atomic E-state index is 11.8. The second-order valence-corrected chi connectivity index (χ2v) is 7.44. The summed E-state index contributed by atoms with van der Waals surface area (Å²) in [4.78, 5) is 1.59. The van der Waals surface area contributed by atoms with Gasteiger partial charge in [0.25, 0.3) is 0 Å². The lowest BCUT2D eigenvalue weighted by atomic mass is 10.2. The Bertz CT molecular complexity index is 564. The van der Waals surface area contributed by atoms with Crippen LogP contribution in [0.1, 0.15) is 24.8 Å². The van der Waals surface area contributed by atoms with E-state index in [0.29, 0.717) is 11.6 Å². The number of benzene rings is 1. The Balaban J connectivity index is 1.74. The largest absolute Gasteiger partial charge is 0.335 e. The Kier molecular flexibility index (Phi) is 6.23. The van der Waals surface area contributed by atoms with Crippen LogP contribution in [0.2, 0.25) is 5.02 Å². The zero-order chi connectivity index (χ0) is 15.1. The molecular weight excluding hydrogens is 308 g/mol. The third-order valence-electron chi connectivity index (χ3n) is 3.63. The van der Waals surface area contributed by atoms with E-state index in [-0.39, 0.29) is 0 Å². The number of hydrogen-bond acceptors (Lipinski definition) is 2. The van der Waals surface area contributed by atoms with E-state index >= 15 is 0 Å². The predicted octanol–water partition coefficient (Wildman–Crippen LogP) is 1.30. The first kappa shape index (κ1) is 16.5.